The van der Waals surface area contributed by atoms with E-state index in [-0.39, 0.29) is 0 Å². The van der Waals surface area contributed by atoms with Gasteiger partial charge in [-0.3, -0.25) is 4.98 Å². The first-order chi connectivity index (χ1) is 9.52. The number of aromatic nitrogens is 2. The molecule has 0 saturated heterocycles. The summed E-state index contributed by atoms with van der Waals surface area (Å²) in [5.41, 5.74) is 3.47. The van der Waals surface area contributed by atoms with Crippen LogP contribution >= 0.6 is 11.6 Å². The number of pyridine rings is 2. The molecular formula is C15H17ClN2O2. The van der Waals surface area contributed by atoms with Crippen LogP contribution in [0.3, 0.4) is 0 Å². The maximum atomic E-state index is 10.3. The van der Waals surface area contributed by atoms with Crippen LogP contribution in [0.1, 0.15) is 28.5 Å². The zero-order valence-corrected chi connectivity index (χ0v) is 12.5. The van der Waals surface area contributed by atoms with Crippen molar-refractivity contribution in [1.29, 1.82) is 0 Å². The van der Waals surface area contributed by atoms with Gasteiger partial charge in [-0.1, -0.05) is 11.6 Å². The van der Waals surface area contributed by atoms with Gasteiger partial charge in [0, 0.05) is 35.6 Å². The summed E-state index contributed by atoms with van der Waals surface area (Å²) in [6, 6.07) is 3.41. The summed E-state index contributed by atoms with van der Waals surface area (Å²) in [6.07, 6.45) is 3.07. The van der Waals surface area contributed by atoms with Gasteiger partial charge in [-0.05, 0) is 31.5 Å². The summed E-state index contributed by atoms with van der Waals surface area (Å²) in [6.45, 7) is 3.89. The van der Waals surface area contributed by atoms with Crippen molar-refractivity contribution in [3.05, 3.63) is 52.1 Å². The molecule has 1 N–H and O–H groups in total. The number of aliphatic hydroxyl groups excluding tert-OH is 1. The molecular weight excluding hydrogens is 276 g/mol. The number of aliphatic hydroxyl groups is 1. The van der Waals surface area contributed by atoms with E-state index >= 15 is 0 Å². The van der Waals surface area contributed by atoms with Gasteiger partial charge < -0.3 is 9.84 Å². The molecule has 2 aromatic heterocycles. The van der Waals surface area contributed by atoms with Gasteiger partial charge in [0.05, 0.1) is 13.2 Å². The van der Waals surface area contributed by atoms with Crippen LogP contribution in [0.5, 0.6) is 5.75 Å². The molecule has 5 heteroatoms. The lowest BCUT2D eigenvalue weighted by Gasteiger charge is -2.15. The molecule has 1 unspecified atom stereocenters. The smallest absolute Gasteiger partial charge is 0.129 e. The molecule has 0 saturated carbocycles. The Morgan fingerprint density at radius 3 is 2.75 bits per heavy atom. The predicted octanol–water partition coefficient (Wildman–Crippen LogP) is 3.03. The molecule has 0 bridgehead atoms. The summed E-state index contributed by atoms with van der Waals surface area (Å²) in [5.74, 6) is 0.815. The van der Waals surface area contributed by atoms with Gasteiger partial charge in [0.15, 0.2) is 0 Å². The number of methoxy groups -OCH3 is 1. The highest BCUT2D eigenvalue weighted by molar-refractivity contribution is 6.29. The molecule has 106 valence electrons. The van der Waals surface area contributed by atoms with Crippen molar-refractivity contribution in [2.24, 2.45) is 0 Å². The molecule has 2 aromatic rings. The molecule has 0 aromatic carbocycles. The van der Waals surface area contributed by atoms with Crippen LogP contribution in [0.2, 0.25) is 5.15 Å². The average Bonchev–Trinajstić information content (AvgIpc) is 2.42. The quantitative estimate of drug-likeness (QED) is 0.880. The van der Waals surface area contributed by atoms with Crippen molar-refractivity contribution in [3.8, 4) is 5.75 Å². The lowest BCUT2D eigenvalue weighted by Crippen LogP contribution is -2.07. The standard InChI is InChI=1S/C15H17ClN2O2/c1-9-8-18-12(10(2)15(9)20-3)7-13(19)11-4-5-17-14(16)6-11/h4-6,8,13,19H,7H2,1-3H3. The normalized spacial score (nSPS) is 12.2. The zero-order chi connectivity index (χ0) is 14.7. The minimum atomic E-state index is -0.672. The van der Waals surface area contributed by atoms with Crippen LogP contribution in [0.25, 0.3) is 0 Å². The van der Waals surface area contributed by atoms with Crippen molar-refractivity contribution < 1.29 is 9.84 Å². The number of halogens is 1. The fourth-order valence-electron chi connectivity index (χ4n) is 2.20. The fraction of sp³-hybridized carbons (Fsp3) is 0.333. The summed E-state index contributed by atoms with van der Waals surface area (Å²) in [7, 11) is 1.64. The van der Waals surface area contributed by atoms with Crippen LogP contribution in [0, 0.1) is 13.8 Å². The average molecular weight is 293 g/mol. The molecule has 0 aliphatic carbocycles. The van der Waals surface area contributed by atoms with Crippen molar-refractivity contribution in [2.75, 3.05) is 7.11 Å². The van der Waals surface area contributed by atoms with E-state index in [1.165, 1.54) is 0 Å². The van der Waals surface area contributed by atoms with Crippen LogP contribution in [-0.4, -0.2) is 22.2 Å². The minimum Gasteiger partial charge on any atom is -0.496 e. The van der Waals surface area contributed by atoms with E-state index in [0.29, 0.717) is 11.6 Å². The molecule has 0 aliphatic rings. The van der Waals surface area contributed by atoms with E-state index in [0.717, 1.165) is 28.1 Å². The molecule has 0 fully saturated rings. The second kappa shape index (κ2) is 6.20. The SMILES string of the molecule is COc1c(C)cnc(CC(O)c2ccnc(Cl)c2)c1C. The molecule has 20 heavy (non-hydrogen) atoms. The third kappa shape index (κ3) is 3.08. The lowest BCUT2D eigenvalue weighted by atomic mass is 10.0. The van der Waals surface area contributed by atoms with Gasteiger partial charge in [0.2, 0.25) is 0 Å². The number of nitrogens with zero attached hydrogens (tertiary/aromatic N) is 2. The van der Waals surface area contributed by atoms with E-state index in [9.17, 15) is 5.11 Å². The Balaban J connectivity index is 2.26. The summed E-state index contributed by atoms with van der Waals surface area (Å²) in [4.78, 5) is 8.29. The van der Waals surface area contributed by atoms with E-state index in [4.69, 9.17) is 16.3 Å². The van der Waals surface area contributed by atoms with Crippen LogP contribution in [0.15, 0.2) is 24.5 Å². The van der Waals surface area contributed by atoms with E-state index in [1.54, 1.807) is 31.6 Å². The van der Waals surface area contributed by atoms with Crippen molar-refractivity contribution in [1.82, 2.24) is 9.97 Å². The van der Waals surface area contributed by atoms with Crippen molar-refractivity contribution in [2.45, 2.75) is 26.4 Å². The van der Waals surface area contributed by atoms with Crippen molar-refractivity contribution >= 4 is 11.6 Å². The fourth-order valence-corrected chi connectivity index (χ4v) is 2.38. The minimum absolute atomic E-state index is 0.368. The lowest BCUT2D eigenvalue weighted by molar-refractivity contribution is 0.176. The number of ether oxygens (including phenoxy) is 1. The maximum Gasteiger partial charge on any atom is 0.129 e. The monoisotopic (exact) mass is 292 g/mol. The number of aryl methyl sites for hydroxylation is 1. The number of hydrogen-bond acceptors (Lipinski definition) is 4. The summed E-state index contributed by atoms with van der Waals surface area (Å²) < 4.78 is 5.37. The Hall–Kier alpha value is -1.65. The third-order valence-corrected chi connectivity index (χ3v) is 3.48. The van der Waals surface area contributed by atoms with Gasteiger partial charge in [0.1, 0.15) is 10.9 Å². The van der Waals surface area contributed by atoms with Crippen LogP contribution in [0.4, 0.5) is 0 Å². The topological polar surface area (TPSA) is 55.2 Å². The first-order valence-electron chi connectivity index (χ1n) is 6.31. The van der Waals surface area contributed by atoms with Crippen molar-refractivity contribution in [3.63, 3.8) is 0 Å². The number of hydrogen-bond donors (Lipinski definition) is 1. The first kappa shape index (κ1) is 14.8. The molecule has 0 amide bonds. The predicted molar refractivity (Wildman–Crippen MR) is 78.2 cm³/mol. The molecule has 0 aliphatic heterocycles. The van der Waals surface area contributed by atoms with E-state index < -0.39 is 6.10 Å². The summed E-state index contributed by atoms with van der Waals surface area (Å²) in [5, 5.41) is 10.7. The van der Waals surface area contributed by atoms with Gasteiger partial charge in [-0.25, -0.2) is 4.98 Å². The molecule has 4 nitrogen and oxygen atoms in total. The Morgan fingerprint density at radius 2 is 2.10 bits per heavy atom. The largest absolute Gasteiger partial charge is 0.496 e. The Morgan fingerprint density at radius 1 is 1.35 bits per heavy atom. The molecule has 1 atom stereocenters. The van der Waals surface area contributed by atoms with Gasteiger partial charge in [-0.2, -0.15) is 0 Å². The Kier molecular flexibility index (Phi) is 4.57. The maximum absolute atomic E-state index is 10.3. The highest BCUT2D eigenvalue weighted by atomic mass is 35.5. The highest BCUT2D eigenvalue weighted by Gasteiger charge is 2.15. The second-order valence-electron chi connectivity index (χ2n) is 4.68. The highest BCUT2D eigenvalue weighted by Crippen LogP contribution is 2.27. The molecule has 0 spiro atoms. The molecule has 0 radical (unpaired) electrons. The van der Waals surface area contributed by atoms with E-state index in [2.05, 4.69) is 9.97 Å². The van der Waals surface area contributed by atoms with Gasteiger partial charge >= 0.3 is 0 Å². The Labute approximate surface area is 123 Å². The van der Waals surface area contributed by atoms with E-state index in [1.807, 2.05) is 13.8 Å². The Bertz CT molecular complexity index is 617. The van der Waals surface area contributed by atoms with Crippen LogP contribution < -0.4 is 4.74 Å². The second-order valence-corrected chi connectivity index (χ2v) is 5.07. The summed E-state index contributed by atoms with van der Waals surface area (Å²) >= 11 is 5.83. The number of rotatable bonds is 4. The van der Waals surface area contributed by atoms with Gasteiger partial charge in [-0.15, -0.1) is 0 Å². The molecule has 2 rings (SSSR count). The third-order valence-electron chi connectivity index (χ3n) is 3.27. The zero-order valence-electron chi connectivity index (χ0n) is 11.7. The van der Waals surface area contributed by atoms with Gasteiger partial charge in [0.25, 0.3) is 0 Å². The molecule has 2 heterocycles. The van der Waals surface area contributed by atoms with Crippen LogP contribution in [-0.2, 0) is 6.42 Å². The first-order valence-corrected chi connectivity index (χ1v) is 6.69.